The predicted octanol–water partition coefficient (Wildman–Crippen LogP) is 2.25. The van der Waals surface area contributed by atoms with E-state index in [1.807, 2.05) is 0 Å². The molecule has 0 N–H and O–H groups in total. The maximum atomic E-state index is 11.9. The van der Waals surface area contributed by atoms with Gasteiger partial charge in [0.2, 0.25) is 0 Å². The van der Waals surface area contributed by atoms with E-state index >= 15 is 0 Å². The third kappa shape index (κ3) is 2.80. The summed E-state index contributed by atoms with van der Waals surface area (Å²) in [5.41, 5.74) is 0.540. The minimum absolute atomic E-state index is 0.00423. The van der Waals surface area contributed by atoms with Gasteiger partial charge in [-0.3, -0.25) is 4.79 Å². The molecule has 2 aromatic rings. The Morgan fingerprint density at radius 3 is 2.50 bits per heavy atom. The van der Waals surface area contributed by atoms with Gasteiger partial charge in [-0.1, -0.05) is 5.21 Å². The third-order valence-electron chi connectivity index (χ3n) is 2.02. The number of carbonyl (C=O) groups excluding carboxylic acids is 1. The summed E-state index contributed by atoms with van der Waals surface area (Å²) >= 11 is 5.23. The van der Waals surface area contributed by atoms with Crippen LogP contribution in [0.5, 0.6) is 5.75 Å². The van der Waals surface area contributed by atoms with E-state index in [0.29, 0.717) is 5.69 Å². The minimum atomic E-state index is -2.87. The van der Waals surface area contributed by atoms with E-state index in [0.717, 1.165) is 0 Å². The van der Waals surface area contributed by atoms with Crippen molar-refractivity contribution in [1.82, 2.24) is 15.0 Å². The van der Waals surface area contributed by atoms with Gasteiger partial charge in [0.15, 0.2) is 5.69 Å². The van der Waals surface area contributed by atoms with Crippen LogP contribution in [0, 0.1) is 0 Å². The van der Waals surface area contributed by atoms with Crippen molar-refractivity contribution >= 4 is 16.8 Å². The van der Waals surface area contributed by atoms with E-state index < -0.39 is 11.9 Å². The van der Waals surface area contributed by atoms with Gasteiger partial charge in [0.05, 0.1) is 11.9 Å². The van der Waals surface area contributed by atoms with Crippen molar-refractivity contribution in [2.24, 2.45) is 0 Å². The van der Waals surface area contributed by atoms with E-state index in [9.17, 15) is 13.6 Å². The van der Waals surface area contributed by atoms with Crippen molar-refractivity contribution in [3.63, 3.8) is 0 Å². The second-order valence-electron chi connectivity index (χ2n) is 3.19. The normalized spacial score (nSPS) is 10.7. The second-order valence-corrected chi connectivity index (χ2v) is 3.54. The van der Waals surface area contributed by atoms with E-state index in [4.69, 9.17) is 11.6 Å². The van der Waals surface area contributed by atoms with Gasteiger partial charge in [-0.05, 0) is 35.9 Å². The minimum Gasteiger partial charge on any atom is -0.435 e. The highest BCUT2D eigenvalue weighted by Crippen LogP contribution is 2.17. The highest BCUT2D eigenvalue weighted by atomic mass is 35.5. The standard InChI is InChI=1S/C10H6ClF2N3O2/c11-9(17)8-5-16(15-14-8)6-1-3-7(4-2-6)18-10(12)13/h1-5,10H. The number of hydrogen-bond donors (Lipinski definition) is 0. The van der Waals surface area contributed by atoms with Crippen LogP contribution < -0.4 is 4.74 Å². The highest BCUT2D eigenvalue weighted by molar-refractivity contribution is 6.67. The van der Waals surface area contributed by atoms with Gasteiger partial charge >= 0.3 is 6.61 Å². The average Bonchev–Trinajstić information content (AvgIpc) is 2.78. The quantitative estimate of drug-likeness (QED) is 0.802. The lowest BCUT2D eigenvalue weighted by atomic mass is 10.3. The van der Waals surface area contributed by atoms with Crippen LogP contribution in [0.15, 0.2) is 30.5 Å². The van der Waals surface area contributed by atoms with Gasteiger partial charge in [-0.2, -0.15) is 8.78 Å². The first-order chi connectivity index (χ1) is 8.56. The smallest absolute Gasteiger partial charge is 0.387 e. The topological polar surface area (TPSA) is 57.0 Å². The summed E-state index contributed by atoms with van der Waals surface area (Å²) in [7, 11) is 0. The lowest BCUT2D eigenvalue weighted by Crippen LogP contribution is -2.02. The van der Waals surface area contributed by atoms with Gasteiger partial charge in [-0.15, -0.1) is 5.10 Å². The van der Waals surface area contributed by atoms with Crippen LogP contribution in [0.3, 0.4) is 0 Å². The summed E-state index contributed by atoms with van der Waals surface area (Å²) in [5, 5.41) is 6.49. The van der Waals surface area contributed by atoms with Gasteiger partial charge in [-0.25, -0.2) is 4.68 Å². The first-order valence-electron chi connectivity index (χ1n) is 4.73. The Bertz CT molecular complexity index is 557. The molecule has 0 fully saturated rings. The van der Waals surface area contributed by atoms with Crippen molar-refractivity contribution in [1.29, 1.82) is 0 Å². The molecule has 18 heavy (non-hydrogen) atoms. The molecule has 0 amide bonds. The van der Waals surface area contributed by atoms with E-state index in [2.05, 4.69) is 15.0 Å². The fourth-order valence-corrected chi connectivity index (χ4v) is 1.35. The molecule has 0 radical (unpaired) electrons. The van der Waals surface area contributed by atoms with Crippen molar-refractivity contribution in [2.75, 3.05) is 0 Å². The molecule has 0 unspecified atom stereocenters. The van der Waals surface area contributed by atoms with Gasteiger partial charge in [0.25, 0.3) is 5.24 Å². The second kappa shape index (κ2) is 5.09. The molecule has 1 heterocycles. The number of nitrogens with zero attached hydrogens (tertiary/aromatic N) is 3. The fraction of sp³-hybridized carbons (Fsp3) is 0.100. The maximum absolute atomic E-state index is 11.9. The third-order valence-corrected chi connectivity index (χ3v) is 2.21. The predicted molar refractivity (Wildman–Crippen MR) is 58.2 cm³/mol. The Labute approximate surface area is 105 Å². The van der Waals surface area contributed by atoms with E-state index in [-0.39, 0.29) is 11.4 Å². The van der Waals surface area contributed by atoms with Crippen LogP contribution in [0.4, 0.5) is 8.78 Å². The number of rotatable bonds is 4. The first kappa shape index (κ1) is 12.4. The highest BCUT2D eigenvalue weighted by Gasteiger charge is 2.09. The molecule has 0 atom stereocenters. The summed E-state index contributed by atoms with van der Waals surface area (Å²) in [6.07, 6.45) is 1.33. The summed E-state index contributed by atoms with van der Waals surface area (Å²) in [4.78, 5) is 10.8. The Kier molecular flexibility index (Phi) is 3.52. The summed E-state index contributed by atoms with van der Waals surface area (Å²) < 4.78 is 29.4. The zero-order chi connectivity index (χ0) is 13.1. The molecular formula is C10H6ClF2N3O2. The number of ether oxygens (including phenoxy) is 1. The molecule has 5 nitrogen and oxygen atoms in total. The van der Waals surface area contributed by atoms with Crippen LogP contribution in [0.1, 0.15) is 10.5 Å². The van der Waals surface area contributed by atoms with Crippen LogP contribution in [-0.4, -0.2) is 26.8 Å². The Balaban J connectivity index is 2.20. The lowest BCUT2D eigenvalue weighted by Gasteiger charge is -2.05. The largest absolute Gasteiger partial charge is 0.435 e. The Hall–Kier alpha value is -2.02. The molecule has 2 rings (SSSR count). The zero-order valence-corrected chi connectivity index (χ0v) is 9.51. The first-order valence-corrected chi connectivity index (χ1v) is 5.11. The van der Waals surface area contributed by atoms with Crippen LogP contribution in [0.2, 0.25) is 0 Å². The summed E-state index contributed by atoms with van der Waals surface area (Å²) in [5.74, 6) is 0.0301. The number of hydrogen-bond acceptors (Lipinski definition) is 4. The molecule has 8 heteroatoms. The van der Waals surface area contributed by atoms with Gasteiger partial charge in [0.1, 0.15) is 5.75 Å². The van der Waals surface area contributed by atoms with Crippen LogP contribution >= 0.6 is 11.6 Å². The van der Waals surface area contributed by atoms with Crippen molar-refractivity contribution < 1.29 is 18.3 Å². The molecule has 0 aliphatic heterocycles. The number of benzene rings is 1. The summed E-state index contributed by atoms with van der Waals surface area (Å²) in [6, 6.07) is 5.69. The fourth-order valence-electron chi connectivity index (χ4n) is 1.26. The number of carbonyl (C=O) groups is 1. The Morgan fingerprint density at radius 1 is 1.33 bits per heavy atom. The molecule has 0 saturated carbocycles. The molecule has 0 aliphatic rings. The molecule has 1 aromatic heterocycles. The van der Waals surface area contributed by atoms with Crippen molar-refractivity contribution in [2.45, 2.75) is 6.61 Å². The number of aromatic nitrogens is 3. The molecule has 0 bridgehead atoms. The average molecular weight is 274 g/mol. The van der Waals surface area contributed by atoms with Crippen molar-refractivity contribution in [3.05, 3.63) is 36.2 Å². The SMILES string of the molecule is O=C(Cl)c1cn(-c2ccc(OC(F)F)cc2)nn1. The van der Waals surface area contributed by atoms with E-state index in [1.54, 1.807) is 0 Å². The molecule has 0 saturated heterocycles. The van der Waals surface area contributed by atoms with Crippen LogP contribution in [0.25, 0.3) is 5.69 Å². The Morgan fingerprint density at radius 2 is 2.00 bits per heavy atom. The summed E-state index contributed by atoms with van der Waals surface area (Å²) in [6.45, 7) is -2.87. The molecule has 1 aromatic carbocycles. The molecule has 94 valence electrons. The lowest BCUT2D eigenvalue weighted by molar-refractivity contribution is -0.0498. The van der Waals surface area contributed by atoms with Gasteiger partial charge < -0.3 is 4.74 Å². The molecule has 0 spiro atoms. The number of halogens is 3. The molecule has 0 aliphatic carbocycles. The molecular weight excluding hydrogens is 268 g/mol. The van der Waals surface area contributed by atoms with Crippen molar-refractivity contribution in [3.8, 4) is 11.4 Å². The monoisotopic (exact) mass is 273 g/mol. The van der Waals surface area contributed by atoms with E-state index in [1.165, 1.54) is 35.1 Å². The maximum Gasteiger partial charge on any atom is 0.387 e. The number of alkyl halides is 2. The van der Waals surface area contributed by atoms with Crippen LogP contribution in [-0.2, 0) is 0 Å². The zero-order valence-electron chi connectivity index (χ0n) is 8.76. The van der Waals surface area contributed by atoms with Gasteiger partial charge in [0, 0.05) is 0 Å².